The van der Waals surface area contributed by atoms with Crippen molar-refractivity contribution in [2.24, 2.45) is 0 Å². The predicted octanol–water partition coefficient (Wildman–Crippen LogP) is 3.32. The summed E-state index contributed by atoms with van der Waals surface area (Å²) in [5.41, 5.74) is 0.665. The van der Waals surface area contributed by atoms with Crippen molar-refractivity contribution in [3.8, 4) is 0 Å². The molecule has 0 aliphatic rings. The molecule has 108 valence electrons. The van der Waals surface area contributed by atoms with Gasteiger partial charge in [-0.05, 0) is 46.3 Å². The van der Waals surface area contributed by atoms with Gasteiger partial charge in [-0.1, -0.05) is 18.2 Å². The van der Waals surface area contributed by atoms with Gasteiger partial charge in [0.2, 0.25) is 0 Å². The van der Waals surface area contributed by atoms with E-state index in [1.165, 1.54) is 12.1 Å². The van der Waals surface area contributed by atoms with Crippen LogP contribution in [0.1, 0.15) is 10.4 Å². The zero-order valence-corrected chi connectivity index (χ0v) is 12.4. The minimum atomic E-state index is -1.13. The first kappa shape index (κ1) is 15.2. The number of nitrogens with zero attached hydrogens (tertiary/aromatic N) is 1. The van der Waals surface area contributed by atoms with E-state index < -0.39 is 24.2 Å². The van der Waals surface area contributed by atoms with Crippen LogP contribution in [0, 0.1) is 5.82 Å². The lowest BCUT2D eigenvalue weighted by atomic mass is 10.1. The first-order chi connectivity index (χ1) is 9.99. The average molecular weight is 352 g/mol. The summed E-state index contributed by atoms with van der Waals surface area (Å²) < 4.78 is 13.4. The van der Waals surface area contributed by atoms with Gasteiger partial charge in [0, 0.05) is 11.3 Å². The van der Waals surface area contributed by atoms with Crippen molar-refractivity contribution >= 4 is 33.5 Å². The second kappa shape index (κ2) is 6.49. The van der Waals surface area contributed by atoms with Crippen LogP contribution in [0.15, 0.2) is 53.0 Å². The Morgan fingerprint density at radius 3 is 2.38 bits per heavy atom. The molecular weight excluding hydrogens is 341 g/mol. The number of carboxylic acid groups (broad SMARTS) is 1. The SMILES string of the molecule is O=C(O)CN(C(=O)c1ccc(F)c(Br)c1)c1ccccc1. The first-order valence-electron chi connectivity index (χ1n) is 6.03. The topological polar surface area (TPSA) is 57.6 Å². The van der Waals surface area contributed by atoms with E-state index in [0.717, 1.165) is 11.0 Å². The summed E-state index contributed by atoms with van der Waals surface area (Å²) in [5.74, 6) is -2.13. The van der Waals surface area contributed by atoms with Gasteiger partial charge in [-0.2, -0.15) is 0 Å². The van der Waals surface area contributed by atoms with Crippen LogP contribution < -0.4 is 4.90 Å². The molecule has 0 aromatic heterocycles. The second-order valence-electron chi connectivity index (χ2n) is 4.25. The van der Waals surface area contributed by atoms with Crippen molar-refractivity contribution in [3.63, 3.8) is 0 Å². The molecule has 1 amide bonds. The molecule has 0 unspecified atom stereocenters. The van der Waals surface area contributed by atoms with E-state index in [0.29, 0.717) is 5.69 Å². The minimum Gasteiger partial charge on any atom is -0.480 e. The van der Waals surface area contributed by atoms with Crippen LogP contribution in [-0.2, 0) is 4.79 Å². The predicted molar refractivity (Wildman–Crippen MR) is 79.9 cm³/mol. The van der Waals surface area contributed by atoms with E-state index in [-0.39, 0.29) is 10.0 Å². The number of anilines is 1. The molecule has 0 saturated carbocycles. The molecule has 2 rings (SSSR count). The Balaban J connectivity index is 2.38. The van der Waals surface area contributed by atoms with Crippen LogP contribution in [-0.4, -0.2) is 23.5 Å². The highest BCUT2D eigenvalue weighted by Gasteiger charge is 2.21. The van der Waals surface area contributed by atoms with Gasteiger partial charge in [-0.25, -0.2) is 4.39 Å². The number of hydrogen-bond donors (Lipinski definition) is 1. The van der Waals surface area contributed by atoms with Crippen LogP contribution in [0.3, 0.4) is 0 Å². The summed E-state index contributed by atoms with van der Waals surface area (Å²) in [4.78, 5) is 24.6. The number of aliphatic carboxylic acids is 1. The first-order valence-corrected chi connectivity index (χ1v) is 6.82. The van der Waals surface area contributed by atoms with E-state index in [1.54, 1.807) is 30.3 Å². The van der Waals surface area contributed by atoms with Crippen molar-refractivity contribution in [1.82, 2.24) is 0 Å². The molecule has 0 bridgehead atoms. The van der Waals surface area contributed by atoms with Crippen LogP contribution >= 0.6 is 15.9 Å². The number of benzene rings is 2. The van der Waals surface area contributed by atoms with Crippen molar-refractivity contribution < 1.29 is 19.1 Å². The van der Waals surface area contributed by atoms with E-state index in [9.17, 15) is 14.0 Å². The Kier molecular flexibility index (Phi) is 4.70. The van der Waals surface area contributed by atoms with Gasteiger partial charge in [0.15, 0.2) is 0 Å². The zero-order valence-electron chi connectivity index (χ0n) is 10.8. The summed E-state index contributed by atoms with van der Waals surface area (Å²) in [6, 6.07) is 12.3. The highest BCUT2D eigenvalue weighted by atomic mass is 79.9. The van der Waals surface area contributed by atoms with Crippen molar-refractivity contribution in [2.75, 3.05) is 11.4 Å². The number of rotatable bonds is 4. The fourth-order valence-corrected chi connectivity index (χ4v) is 2.19. The lowest BCUT2D eigenvalue weighted by molar-refractivity contribution is -0.135. The Labute approximate surface area is 128 Å². The zero-order chi connectivity index (χ0) is 15.4. The number of hydrogen-bond acceptors (Lipinski definition) is 2. The van der Waals surface area contributed by atoms with Crippen LogP contribution in [0.4, 0.5) is 10.1 Å². The van der Waals surface area contributed by atoms with Gasteiger partial charge in [0.25, 0.3) is 5.91 Å². The van der Waals surface area contributed by atoms with Gasteiger partial charge >= 0.3 is 5.97 Å². The van der Waals surface area contributed by atoms with E-state index >= 15 is 0 Å². The molecule has 0 radical (unpaired) electrons. The third-order valence-electron chi connectivity index (χ3n) is 2.77. The molecule has 6 heteroatoms. The molecule has 0 aliphatic carbocycles. The number of carbonyl (C=O) groups is 2. The normalized spacial score (nSPS) is 10.2. The molecule has 0 aliphatic heterocycles. The Morgan fingerprint density at radius 1 is 1.14 bits per heavy atom. The monoisotopic (exact) mass is 351 g/mol. The summed E-state index contributed by atoms with van der Waals surface area (Å²) in [6.45, 7) is -0.474. The lowest BCUT2D eigenvalue weighted by Crippen LogP contribution is -2.35. The third kappa shape index (κ3) is 3.66. The number of carboxylic acids is 1. The maximum absolute atomic E-state index is 13.2. The lowest BCUT2D eigenvalue weighted by Gasteiger charge is -2.21. The van der Waals surface area contributed by atoms with Crippen LogP contribution in [0.2, 0.25) is 0 Å². The Morgan fingerprint density at radius 2 is 1.81 bits per heavy atom. The largest absolute Gasteiger partial charge is 0.480 e. The molecule has 1 N–H and O–H groups in total. The quantitative estimate of drug-likeness (QED) is 0.919. The number of para-hydroxylation sites is 1. The molecule has 2 aromatic rings. The smallest absolute Gasteiger partial charge is 0.323 e. The fraction of sp³-hybridized carbons (Fsp3) is 0.0667. The van der Waals surface area contributed by atoms with Crippen LogP contribution in [0.5, 0.6) is 0 Å². The fourth-order valence-electron chi connectivity index (χ4n) is 1.81. The highest BCUT2D eigenvalue weighted by Crippen LogP contribution is 2.21. The van der Waals surface area contributed by atoms with E-state index in [1.807, 2.05) is 0 Å². The minimum absolute atomic E-state index is 0.150. The molecule has 2 aromatic carbocycles. The molecule has 21 heavy (non-hydrogen) atoms. The number of carbonyl (C=O) groups excluding carboxylic acids is 1. The molecule has 0 heterocycles. The third-order valence-corrected chi connectivity index (χ3v) is 3.38. The van der Waals surface area contributed by atoms with Gasteiger partial charge in [-0.15, -0.1) is 0 Å². The van der Waals surface area contributed by atoms with Crippen LogP contribution in [0.25, 0.3) is 0 Å². The maximum Gasteiger partial charge on any atom is 0.323 e. The molecule has 0 atom stereocenters. The molecular formula is C15H11BrFNO3. The summed E-state index contributed by atoms with van der Waals surface area (Å²) in [7, 11) is 0. The van der Waals surface area contributed by atoms with E-state index in [2.05, 4.69) is 15.9 Å². The van der Waals surface area contributed by atoms with Gasteiger partial charge in [-0.3, -0.25) is 14.5 Å². The molecule has 0 spiro atoms. The van der Waals surface area contributed by atoms with Gasteiger partial charge < -0.3 is 5.11 Å². The average Bonchev–Trinajstić information content (AvgIpc) is 2.47. The Hall–Kier alpha value is -2.21. The highest BCUT2D eigenvalue weighted by molar-refractivity contribution is 9.10. The summed E-state index contributed by atoms with van der Waals surface area (Å²) in [6.07, 6.45) is 0. The summed E-state index contributed by atoms with van der Waals surface area (Å²) in [5, 5.41) is 8.98. The van der Waals surface area contributed by atoms with E-state index in [4.69, 9.17) is 5.11 Å². The van der Waals surface area contributed by atoms with Crippen molar-refractivity contribution in [2.45, 2.75) is 0 Å². The molecule has 0 saturated heterocycles. The van der Waals surface area contributed by atoms with Crippen molar-refractivity contribution in [3.05, 3.63) is 64.4 Å². The maximum atomic E-state index is 13.2. The summed E-state index contributed by atoms with van der Waals surface area (Å²) >= 11 is 3.01. The number of halogens is 2. The van der Waals surface area contributed by atoms with Crippen molar-refractivity contribution in [1.29, 1.82) is 0 Å². The number of amides is 1. The second-order valence-corrected chi connectivity index (χ2v) is 5.10. The molecule has 0 fully saturated rings. The standard InChI is InChI=1S/C15H11BrFNO3/c16-12-8-10(6-7-13(12)17)15(21)18(9-14(19)20)11-4-2-1-3-5-11/h1-8H,9H2,(H,19,20). The van der Waals surface area contributed by atoms with Gasteiger partial charge in [0.1, 0.15) is 12.4 Å². The van der Waals surface area contributed by atoms with Gasteiger partial charge in [0.05, 0.1) is 4.47 Å². The molecule has 4 nitrogen and oxygen atoms in total. The Bertz CT molecular complexity index is 676.